The number of pyridine rings is 1. The molecule has 1 aliphatic rings. The molecule has 2 amide bonds. The second-order valence-electron chi connectivity index (χ2n) is 6.40. The van der Waals surface area contributed by atoms with Crippen molar-refractivity contribution in [2.75, 3.05) is 13.1 Å². The highest BCUT2D eigenvalue weighted by molar-refractivity contribution is 5.76. The second kappa shape index (κ2) is 7.61. The van der Waals surface area contributed by atoms with E-state index in [4.69, 9.17) is 4.74 Å². The molecular formula is C19H22FN3O2. The largest absolute Gasteiger partial charge is 0.372 e. The van der Waals surface area contributed by atoms with Gasteiger partial charge in [0.2, 0.25) is 0 Å². The average Bonchev–Trinajstić information content (AvgIpc) is 2.56. The van der Waals surface area contributed by atoms with E-state index in [1.165, 1.54) is 12.1 Å². The van der Waals surface area contributed by atoms with Crippen molar-refractivity contribution >= 4 is 6.03 Å². The summed E-state index contributed by atoms with van der Waals surface area (Å²) in [6.45, 7) is 5.07. The van der Waals surface area contributed by atoms with E-state index >= 15 is 0 Å². The average molecular weight is 343 g/mol. The molecule has 1 N–H and O–H groups in total. The standard InChI is InChI=1S/C19H22FN3O2/c1-13(2)25-16-11-23(12-16)19(24)22-18(17-8-3-4-9-21-17)14-6-5-7-15(20)10-14/h3-10,13,16,18H,11-12H2,1-2H3,(H,22,24). The van der Waals surface area contributed by atoms with Gasteiger partial charge in [0.25, 0.3) is 0 Å². The van der Waals surface area contributed by atoms with E-state index < -0.39 is 6.04 Å². The number of hydrogen-bond donors (Lipinski definition) is 1. The van der Waals surface area contributed by atoms with E-state index in [1.807, 2.05) is 26.0 Å². The maximum Gasteiger partial charge on any atom is 0.318 e. The molecule has 0 spiro atoms. The Morgan fingerprint density at radius 3 is 2.72 bits per heavy atom. The smallest absolute Gasteiger partial charge is 0.318 e. The summed E-state index contributed by atoms with van der Waals surface area (Å²) < 4.78 is 19.3. The minimum atomic E-state index is -0.505. The van der Waals surface area contributed by atoms with Crippen LogP contribution < -0.4 is 5.32 Å². The van der Waals surface area contributed by atoms with Gasteiger partial charge in [0.15, 0.2) is 0 Å². The summed E-state index contributed by atoms with van der Waals surface area (Å²) in [5.41, 5.74) is 1.32. The van der Waals surface area contributed by atoms with Crippen LogP contribution in [0.1, 0.15) is 31.1 Å². The third-order valence-corrected chi connectivity index (χ3v) is 4.03. The van der Waals surface area contributed by atoms with Crippen LogP contribution in [0.2, 0.25) is 0 Å². The molecule has 1 aromatic heterocycles. The predicted molar refractivity (Wildman–Crippen MR) is 92.6 cm³/mol. The van der Waals surface area contributed by atoms with Gasteiger partial charge in [-0.1, -0.05) is 18.2 Å². The Kier molecular flexibility index (Phi) is 5.28. The molecule has 1 atom stereocenters. The van der Waals surface area contributed by atoms with Crippen molar-refractivity contribution < 1.29 is 13.9 Å². The van der Waals surface area contributed by atoms with Gasteiger partial charge in [-0.3, -0.25) is 4.98 Å². The van der Waals surface area contributed by atoms with E-state index in [0.717, 1.165) is 0 Å². The minimum Gasteiger partial charge on any atom is -0.372 e. The third kappa shape index (κ3) is 4.33. The first-order valence-electron chi connectivity index (χ1n) is 8.40. The number of hydrogen-bond acceptors (Lipinski definition) is 3. The van der Waals surface area contributed by atoms with Gasteiger partial charge >= 0.3 is 6.03 Å². The molecule has 2 heterocycles. The maximum absolute atomic E-state index is 13.6. The molecule has 0 radical (unpaired) electrons. The lowest BCUT2D eigenvalue weighted by molar-refractivity contribution is -0.0643. The number of nitrogens with zero attached hydrogens (tertiary/aromatic N) is 2. The molecule has 1 unspecified atom stereocenters. The van der Waals surface area contributed by atoms with Crippen LogP contribution in [0.3, 0.4) is 0 Å². The first-order chi connectivity index (χ1) is 12.0. The number of halogens is 1. The fourth-order valence-electron chi connectivity index (χ4n) is 2.85. The molecule has 1 fully saturated rings. The van der Waals surface area contributed by atoms with Crippen LogP contribution >= 0.6 is 0 Å². The number of nitrogens with one attached hydrogen (secondary N) is 1. The van der Waals surface area contributed by atoms with Crippen molar-refractivity contribution in [1.82, 2.24) is 15.2 Å². The summed E-state index contributed by atoms with van der Waals surface area (Å²) >= 11 is 0. The van der Waals surface area contributed by atoms with E-state index in [1.54, 1.807) is 29.3 Å². The van der Waals surface area contributed by atoms with Crippen molar-refractivity contribution in [3.63, 3.8) is 0 Å². The Morgan fingerprint density at radius 1 is 1.28 bits per heavy atom. The van der Waals surface area contributed by atoms with Crippen molar-refractivity contribution in [3.05, 3.63) is 65.7 Å². The lowest BCUT2D eigenvalue weighted by atomic mass is 10.0. The summed E-state index contributed by atoms with van der Waals surface area (Å²) in [6.07, 6.45) is 1.88. The molecule has 2 aromatic rings. The molecule has 5 nitrogen and oxygen atoms in total. The molecule has 1 saturated heterocycles. The number of carbonyl (C=O) groups is 1. The van der Waals surface area contributed by atoms with Gasteiger partial charge in [0, 0.05) is 6.20 Å². The van der Waals surface area contributed by atoms with Crippen LogP contribution in [-0.2, 0) is 4.74 Å². The lowest BCUT2D eigenvalue weighted by Gasteiger charge is -2.40. The van der Waals surface area contributed by atoms with E-state index in [0.29, 0.717) is 24.3 Å². The summed E-state index contributed by atoms with van der Waals surface area (Å²) in [5.74, 6) is -0.345. The van der Waals surface area contributed by atoms with E-state index in [-0.39, 0.29) is 24.1 Å². The molecule has 0 bridgehead atoms. The number of aromatic nitrogens is 1. The number of rotatable bonds is 5. The number of carbonyl (C=O) groups excluding carboxylic acids is 1. The monoisotopic (exact) mass is 343 g/mol. The predicted octanol–water partition coefficient (Wildman–Crippen LogP) is 3.13. The number of likely N-dealkylation sites (tertiary alicyclic amines) is 1. The van der Waals surface area contributed by atoms with Gasteiger partial charge in [-0.15, -0.1) is 0 Å². The summed E-state index contributed by atoms with van der Waals surface area (Å²) in [7, 11) is 0. The topological polar surface area (TPSA) is 54.5 Å². The molecule has 1 aliphatic heterocycles. The van der Waals surface area contributed by atoms with Gasteiger partial charge in [0.05, 0.1) is 37.0 Å². The van der Waals surface area contributed by atoms with Crippen molar-refractivity contribution in [1.29, 1.82) is 0 Å². The zero-order valence-electron chi connectivity index (χ0n) is 14.4. The van der Waals surface area contributed by atoms with Gasteiger partial charge in [0.1, 0.15) is 5.82 Å². The lowest BCUT2D eigenvalue weighted by Crippen LogP contribution is -2.58. The number of benzene rings is 1. The Labute approximate surface area is 146 Å². The molecule has 1 aromatic carbocycles. The zero-order valence-corrected chi connectivity index (χ0v) is 14.4. The molecule has 3 rings (SSSR count). The first kappa shape index (κ1) is 17.4. The molecule has 132 valence electrons. The summed E-state index contributed by atoms with van der Waals surface area (Å²) in [6, 6.07) is 11.0. The van der Waals surface area contributed by atoms with Crippen LogP contribution in [0.25, 0.3) is 0 Å². The molecular weight excluding hydrogens is 321 g/mol. The Balaban J connectivity index is 1.72. The van der Waals surface area contributed by atoms with Crippen LogP contribution in [0.15, 0.2) is 48.7 Å². The fourth-order valence-corrected chi connectivity index (χ4v) is 2.85. The third-order valence-electron chi connectivity index (χ3n) is 4.03. The van der Waals surface area contributed by atoms with E-state index in [2.05, 4.69) is 10.3 Å². The number of amides is 2. The number of ether oxygens (including phenoxy) is 1. The first-order valence-corrected chi connectivity index (χ1v) is 8.40. The van der Waals surface area contributed by atoms with Crippen LogP contribution in [0, 0.1) is 5.82 Å². The molecule has 0 aliphatic carbocycles. The highest BCUT2D eigenvalue weighted by Gasteiger charge is 2.33. The Morgan fingerprint density at radius 2 is 2.08 bits per heavy atom. The van der Waals surface area contributed by atoms with Gasteiger partial charge in [-0.2, -0.15) is 0 Å². The fraction of sp³-hybridized carbons (Fsp3) is 0.368. The van der Waals surface area contributed by atoms with Crippen molar-refractivity contribution in [2.45, 2.75) is 32.1 Å². The van der Waals surface area contributed by atoms with E-state index in [9.17, 15) is 9.18 Å². The minimum absolute atomic E-state index is 0.0771. The summed E-state index contributed by atoms with van der Waals surface area (Å²) in [4.78, 5) is 18.5. The van der Waals surface area contributed by atoms with Crippen molar-refractivity contribution in [2.24, 2.45) is 0 Å². The highest BCUT2D eigenvalue weighted by Crippen LogP contribution is 2.22. The zero-order chi connectivity index (χ0) is 17.8. The van der Waals surface area contributed by atoms with Crippen LogP contribution in [0.4, 0.5) is 9.18 Å². The molecule has 6 heteroatoms. The Hall–Kier alpha value is -2.47. The normalized spacial score (nSPS) is 15.8. The van der Waals surface area contributed by atoms with Crippen molar-refractivity contribution in [3.8, 4) is 0 Å². The number of urea groups is 1. The van der Waals surface area contributed by atoms with Crippen LogP contribution in [-0.4, -0.2) is 41.2 Å². The molecule has 0 saturated carbocycles. The van der Waals surface area contributed by atoms with Gasteiger partial charge in [-0.05, 0) is 43.7 Å². The van der Waals surface area contributed by atoms with Gasteiger partial charge < -0.3 is 15.0 Å². The van der Waals surface area contributed by atoms with Gasteiger partial charge in [-0.25, -0.2) is 9.18 Å². The highest BCUT2D eigenvalue weighted by atomic mass is 19.1. The quantitative estimate of drug-likeness (QED) is 0.907. The maximum atomic E-state index is 13.6. The second-order valence-corrected chi connectivity index (χ2v) is 6.40. The SMILES string of the molecule is CC(C)OC1CN(C(=O)NC(c2cccc(F)c2)c2ccccn2)C1. The Bertz CT molecular complexity index is 718. The summed E-state index contributed by atoms with van der Waals surface area (Å²) in [5, 5.41) is 2.95. The molecule has 25 heavy (non-hydrogen) atoms. The van der Waals surface area contributed by atoms with Crippen LogP contribution in [0.5, 0.6) is 0 Å².